The number of anilines is 1. The SMILES string of the molecule is CCN(C(=O)Cc1coc2cc(C)ccc12)c1cccc(C)c1. The molecule has 0 saturated heterocycles. The number of rotatable bonds is 4. The fourth-order valence-corrected chi connectivity index (χ4v) is 2.88. The molecular weight excluding hydrogens is 286 g/mol. The van der Waals surface area contributed by atoms with Crippen molar-refractivity contribution in [1.29, 1.82) is 0 Å². The highest BCUT2D eigenvalue weighted by Crippen LogP contribution is 2.24. The van der Waals surface area contributed by atoms with Gasteiger partial charge < -0.3 is 9.32 Å². The minimum absolute atomic E-state index is 0.0846. The van der Waals surface area contributed by atoms with Gasteiger partial charge in [0.25, 0.3) is 0 Å². The maximum Gasteiger partial charge on any atom is 0.231 e. The van der Waals surface area contributed by atoms with Gasteiger partial charge in [0, 0.05) is 23.2 Å². The van der Waals surface area contributed by atoms with Crippen molar-refractivity contribution in [2.45, 2.75) is 27.2 Å². The molecule has 0 saturated carbocycles. The molecule has 1 heterocycles. The Balaban J connectivity index is 1.87. The van der Waals surface area contributed by atoms with Gasteiger partial charge in [-0.05, 0) is 50.1 Å². The number of benzene rings is 2. The standard InChI is InChI=1S/C20H21NO2/c1-4-21(17-7-5-6-14(2)10-17)20(22)12-16-13-23-19-11-15(3)8-9-18(16)19/h5-11,13H,4,12H2,1-3H3. The molecule has 118 valence electrons. The van der Waals surface area contributed by atoms with Crippen LogP contribution in [-0.2, 0) is 11.2 Å². The Morgan fingerprint density at radius 1 is 1.09 bits per heavy atom. The average molecular weight is 307 g/mol. The molecule has 0 unspecified atom stereocenters. The van der Waals surface area contributed by atoms with E-state index >= 15 is 0 Å². The van der Waals surface area contributed by atoms with E-state index in [9.17, 15) is 4.79 Å². The first kappa shape index (κ1) is 15.3. The van der Waals surface area contributed by atoms with Gasteiger partial charge in [0.15, 0.2) is 0 Å². The Kier molecular flexibility index (Phi) is 4.20. The molecule has 2 aromatic carbocycles. The van der Waals surface area contributed by atoms with E-state index in [0.717, 1.165) is 33.3 Å². The number of hydrogen-bond acceptors (Lipinski definition) is 2. The van der Waals surface area contributed by atoms with Crippen molar-refractivity contribution >= 4 is 22.6 Å². The summed E-state index contributed by atoms with van der Waals surface area (Å²) >= 11 is 0. The fourth-order valence-electron chi connectivity index (χ4n) is 2.88. The highest BCUT2D eigenvalue weighted by Gasteiger charge is 2.17. The topological polar surface area (TPSA) is 33.5 Å². The van der Waals surface area contributed by atoms with Crippen LogP contribution in [0.2, 0.25) is 0 Å². The van der Waals surface area contributed by atoms with Gasteiger partial charge >= 0.3 is 0 Å². The summed E-state index contributed by atoms with van der Waals surface area (Å²) in [6.07, 6.45) is 2.05. The van der Waals surface area contributed by atoms with Gasteiger partial charge in [-0.2, -0.15) is 0 Å². The summed E-state index contributed by atoms with van der Waals surface area (Å²) < 4.78 is 5.60. The van der Waals surface area contributed by atoms with Crippen molar-refractivity contribution in [3.8, 4) is 0 Å². The van der Waals surface area contributed by atoms with E-state index in [0.29, 0.717) is 13.0 Å². The van der Waals surface area contributed by atoms with E-state index in [2.05, 4.69) is 0 Å². The molecule has 0 spiro atoms. The van der Waals surface area contributed by atoms with Crippen LogP contribution in [0.3, 0.4) is 0 Å². The maximum atomic E-state index is 12.7. The summed E-state index contributed by atoms with van der Waals surface area (Å²) in [5.41, 5.74) is 5.03. The Morgan fingerprint density at radius 2 is 1.87 bits per heavy atom. The van der Waals surface area contributed by atoms with Crippen molar-refractivity contribution < 1.29 is 9.21 Å². The molecule has 0 bridgehead atoms. The van der Waals surface area contributed by atoms with Crippen LogP contribution in [0.4, 0.5) is 5.69 Å². The molecule has 0 aliphatic carbocycles. The van der Waals surface area contributed by atoms with Gasteiger partial charge in [0.2, 0.25) is 5.91 Å². The summed E-state index contributed by atoms with van der Waals surface area (Å²) in [5.74, 6) is 0.0846. The molecule has 0 radical (unpaired) electrons. The minimum atomic E-state index is 0.0846. The van der Waals surface area contributed by atoms with E-state index in [1.165, 1.54) is 0 Å². The summed E-state index contributed by atoms with van der Waals surface area (Å²) in [5, 5.41) is 1.02. The van der Waals surface area contributed by atoms with Crippen molar-refractivity contribution in [3.05, 3.63) is 65.4 Å². The van der Waals surface area contributed by atoms with Crippen LogP contribution in [0.1, 0.15) is 23.6 Å². The second kappa shape index (κ2) is 6.29. The number of amides is 1. The smallest absolute Gasteiger partial charge is 0.231 e. The number of furan rings is 1. The Hall–Kier alpha value is -2.55. The molecule has 0 N–H and O–H groups in total. The lowest BCUT2D eigenvalue weighted by molar-refractivity contribution is -0.117. The number of hydrogen-bond donors (Lipinski definition) is 0. The zero-order valence-electron chi connectivity index (χ0n) is 13.8. The van der Waals surface area contributed by atoms with Crippen LogP contribution < -0.4 is 4.90 Å². The van der Waals surface area contributed by atoms with E-state index in [1.807, 2.05) is 68.1 Å². The van der Waals surface area contributed by atoms with Crippen LogP contribution >= 0.6 is 0 Å². The monoisotopic (exact) mass is 307 g/mol. The average Bonchev–Trinajstić information content (AvgIpc) is 2.90. The Bertz CT molecular complexity index is 848. The zero-order chi connectivity index (χ0) is 16.4. The molecule has 0 fully saturated rings. The van der Waals surface area contributed by atoms with E-state index in [1.54, 1.807) is 6.26 Å². The minimum Gasteiger partial charge on any atom is -0.464 e. The number of likely N-dealkylation sites (N-methyl/N-ethyl adjacent to an activating group) is 1. The van der Waals surface area contributed by atoms with Crippen LogP contribution in [0.25, 0.3) is 11.0 Å². The number of aryl methyl sites for hydroxylation is 2. The number of carbonyl (C=O) groups excluding carboxylic acids is 1. The quantitative estimate of drug-likeness (QED) is 0.703. The second-order valence-corrected chi connectivity index (χ2v) is 5.91. The summed E-state index contributed by atoms with van der Waals surface area (Å²) in [6.45, 7) is 6.71. The third kappa shape index (κ3) is 3.14. The molecule has 0 atom stereocenters. The third-order valence-corrected chi connectivity index (χ3v) is 4.08. The highest BCUT2D eigenvalue weighted by atomic mass is 16.3. The Morgan fingerprint density at radius 3 is 2.61 bits per heavy atom. The first-order valence-electron chi connectivity index (χ1n) is 7.92. The van der Waals surface area contributed by atoms with Gasteiger partial charge in [-0.3, -0.25) is 4.79 Å². The predicted octanol–water partition coefficient (Wildman–Crippen LogP) is 4.65. The third-order valence-electron chi connectivity index (χ3n) is 4.08. The van der Waals surface area contributed by atoms with E-state index in [4.69, 9.17) is 4.42 Å². The fraction of sp³-hybridized carbons (Fsp3) is 0.250. The molecule has 1 aromatic heterocycles. The molecular formula is C20H21NO2. The normalized spacial score (nSPS) is 10.9. The maximum absolute atomic E-state index is 12.7. The molecule has 3 rings (SSSR count). The number of carbonyl (C=O) groups is 1. The van der Waals surface area contributed by atoms with Gasteiger partial charge in [0.1, 0.15) is 5.58 Å². The van der Waals surface area contributed by atoms with Gasteiger partial charge in [-0.25, -0.2) is 0 Å². The zero-order valence-corrected chi connectivity index (χ0v) is 13.8. The molecule has 23 heavy (non-hydrogen) atoms. The Labute approximate surface area is 136 Å². The van der Waals surface area contributed by atoms with Gasteiger partial charge in [-0.15, -0.1) is 0 Å². The summed E-state index contributed by atoms with van der Waals surface area (Å²) in [6, 6.07) is 14.1. The van der Waals surface area contributed by atoms with Crippen LogP contribution in [0.5, 0.6) is 0 Å². The molecule has 3 heteroatoms. The van der Waals surface area contributed by atoms with Crippen LogP contribution in [0, 0.1) is 13.8 Å². The lowest BCUT2D eigenvalue weighted by Crippen LogP contribution is -2.31. The molecule has 0 aliphatic rings. The van der Waals surface area contributed by atoms with Crippen molar-refractivity contribution in [1.82, 2.24) is 0 Å². The van der Waals surface area contributed by atoms with Crippen molar-refractivity contribution in [2.24, 2.45) is 0 Å². The first-order valence-corrected chi connectivity index (χ1v) is 7.92. The van der Waals surface area contributed by atoms with E-state index in [-0.39, 0.29) is 5.91 Å². The largest absolute Gasteiger partial charge is 0.464 e. The number of fused-ring (bicyclic) bond motifs is 1. The highest BCUT2D eigenvalue weighted by molar-refractivity contribution is 5.97. The first-order chi connectivity index (χ1) is 11.1. The van der Waals surface area contributed by atoms with E-state index < -0.39 is 0 Å². The second-order valence-electron chi connectivity index (χ2n) is 5.91. The van der Waals surface area contributed by atoms with Crippen molar-refractivity contribution in [2.75, 3.05) is 11.4 Å². The lowest BCUT2D eigenvalue weighted by atomic mass is 10.1. The predicted molar refractivity (Wildman–Crippen MR) is 93.9 cm³/mol. The summed E-state index contributed by atoms with van der Waals surface area (Å²) in [7, 11) is 0. The molecule has 0 aliphatic heterocycles. The van der Waals surface area contributed by atoms with Crippen LogP contribution in [-0.4, -0.2) is 12.5 Å². The molecule has 3 aromatic rings. The lowest BCUT2D eigenvalue weighted by Gasteiger charge is -2.21. The molecule has 1 amide bonds. The van der Waals surface area contributed by atoms with Crippen molar-refractivity contribution in [3.63, 3.8) is 0 Å². The summed E-state index contributed by atoms with van der Waals surface area (Å²) in [4.78, 5) is 14.6. The van der Waals surface area contributed by atoms with Gasteiger partial charge in [-0.1, -0.05) is 24.3 Å². The molecule has 3 nitrogen and oxygen atoms in total. The number of nitrogens with zero attached hydrogens (tertiary/aromatic N) is 1. The van der Waals surface area contributed by atoms with Crippen LogP contribution in [0.15, 0.2) is 53.1 Å². The van der Waals surface area contributed by atoms with Gasteiger partial charge in [0.05, 0.1) is 12.7 Å².